The topological polar surface area (TPSA) is 56.4 Å². The summed E-state index contributed by atoms with van der Waals surface area (Å²) < 4.78 is 17.3. The summed E-state index contributed by atoms with van der Waals surface area (Å²) in [7, 11) is 0. The van der Waals surface area contributed by atoms with E-state index in [1.165, 1.54) is 0 Å². The molecule has 0 bridgehead atoms. The van der Waals surface area contributed by atoms with E-state index in [0.29, 0.717) is 24.0 Å². The second kappa shape index (κ2) is 5.57. The fourth-order valence-corrected chi connectivity index (χ4v) is 2.79. The molecule has 1 atom stereocenters. The molecule has 2 heterocycles. The van der Waals surface area contributed by atoms with Gasteiger partial charge in [-0.3, -0.25) is 5.10 Å². The lowest BCUT2D eigenvalue weighted by molar-refractivity contribution is -0.141. The van der Waals surface area contributed by atoms with Crippen molar-refractivity contribution in [3.05, 3.63) is 29.4 Å². The monoisotopic (exact) mass is 322 g/mol. The molecule has 22 heavy (non-hydrogen) atoms. The molecule has 0 radical (unpaired) electrons. The first-order valence-corrected chi connectivity index (χ1v) is 7.51. The molecule has 1 aliphatic heterocycles. The molecule has 0 spiro atoms. The van der Waals surface area contributed by atoms with Gasteiger partial charge in [-0.15, -0.1) is 0 Å². The quantitative estimate of drug-likeness (QED) is 0.930. The highest BCUT2D eigenvalue weighted by Crippen LogP contribution is 2.37. The van der Waals surface area contributed by atoms with Crippen LogP contribution < -0.4 is 4.74 Å². The second-order valence-corrected chi connectivity index (χ2v) is 6.34. The summed E-state index contributed by atoms with van der Waals surface area (Å²) in [5.41, 5.74) is 2.50. The van der Waals surface area contributed by atoms with Gasteiger partial charge in [0, 0.05) is 10.9 Å². The summed E-state index contributed by atoms with van der Waals surface area (Å²) in [4.78, 5) is 0. The Bertz CT molecular complexity index is 723. The minimum absolute atomic E-state index is 0.110. The third-order valence-corrected chi connectivity index (χ3v) is 3.89. The molecule has 6 heteroatoms. The number of hydrogen-bond donors (Lipinski definition) is 1. The Labute approximate surface area is 134 Å². The maximum Gasteiger partial charge on any atom is 0.163 e. The number of allylic oxidation sites excluding steroid dienone is 1. The van der Waals surface area contributed by atoms with Crippen molar-refractivity contribution in [2.24, 2.45) is 0 Å². The molecule has 2 aromatic rings. The number of H-pyrrole nitrogens is 1. The highest BCUT2D eigenvalue weighted by atomic mass is 35.5. The first kappa shape index (κ1) is 15.3. The van der Waals surface area contributed by atoms with E-state index in [1.807, 2.05) is 26.8 Å². The molecule has 1 N–H and O–H groups in total. The molecule has 1 aliphatic rings. The molecule has 1 unspecified atom stereocenters. The number of halogens is 1. The van der Waals surface area contributed by atoms with Crippen molar-refractivity contribution in [1.82, 2.24) is 10.2 Å². The number of nitrogens with zero attached hydrogens (tertiary/aromatic N) is 1. The van der Waals surface area contributed by atoms with Gasteiger partial charge in [0.2, 0.25) is 0 Å². The number of hydrogen-bond acceptors (Lipinski definition) is 4. The van der Waals surface area contributed by atoms with E-state index < -0.39 is 5.79 Å². The minimum atomic E-state index is -0.561. The highest BCUT2D eigenvalue weighted by molar-refractivity contribution is 6.35. The van der Waals surface area contributed by atoms with Gasteiger partial charge >= 0.3 is 0 Å². The summed E-state index contributed by atoms with van der Waals surface area (Å²) in [5.74, 6) is 0.131. The van der Waals surface area contributed by atoms with Crippen molar-refractivity contribution in [2.45, 2.75) is 32.7 Å². The lowest BCUT2D eigenvalue weighted by Gasteiger charge is -2.18. The molecular formula is C16H19ClN2O3. The van der Waals surface area contributed by atoms with E-state index >= 15 is 0 Å². The van der Waals surface area contributed by atoms with Gasteiger partial charge in [-0.05, 0) is 32.4 Å². The zero-order chi connectivity index (χ0) is 15.9. The van der Waals surface area contributed by atoms with Gasteiger partial charge in [0.15, 0.2) is 11.5 Å². The van der Waals surface area contributed by atoms with Gasteiger partial charge in [0.05, 0.1) is 17.8 Å². The first-order valence-electron chi connectivity index (χ1n) is 7.13. The highest BCUT2D eigenvalue weighted by Gasteiger charge is 2.33. The summed E-state index contributed by atoms with van der Waals surface area (Å²) >= 11 is 6.28. The van der Waals surface area contributed by atoms with Crippen LogP contribution in [0.5, 0.6) is 5.75 Å². The van der Waals surface area contributed by atoms with Crippen LogP contribution in [0.25, 0.3) is 16.5 Å². The van der Waals surface area contributed by atoms with Crippen LogP contribution in [0.3, 0.4) is 0 Å². The summed E-state index contributed by atoms with van der Waals surface area (Å²) in [5, 5.41) is 8.44. The lowest BCUT2D eigenvalue weighted by atomic mass is 10.1. The maximum atomic E-state index is 6.28. The van der Waals surface area contributed by atoms with Crippen LogP contribution in [0.4, 0.5) is 0 Å². The number of ether oxygens (including phenoxy) is 3. The molecule has 118 valence electrons. The molecule has 3 rings (SSSR count). The van der Waals surface area contributed by atoms with E-state index in [1.54, 1.807) is 6.20 Å². The standard InChI is InChI=1S/C16H19ClN2O3/c1-9(2)11-5-13(17)12-6-18-19-14(12)15(11)20-7-10-8-21-16(3,4)22-10/h5-6,10H,1,7-8H2,2-4H3,(H,18,19). The molecular weight excluding hydrogens is 304 g/mol. The number of benzene rings is 1. The van der Waals surface area contributed by atoms with Crippen molar-refractivity contribution in [3.8, 4) is 5.75 Å². The zero-order valence-electron chi connectivity index (χ0n) is 12.9. The predicted octanol–water partition coefficient (Wildman–Crippen LogP) is 3.78. The minimum Gasteiger partial charge on any atom is -0.488 e. The van der Waals surface area contributed by atoms with Gasteiger partial charge < -0.3 is 14.2 Å². The van der Waals surface area contributed by atoms with Crippen LogP contribution in [-0.4, -0.2) is 35.3 Å². The smallest absolute Gasteiger partial charge is 0.163 e. The van der Waals surface area contributed by atoms with E-state index in [0.717, 1.165) is 22.0 Å². The van der Waals surface area contributed by atoms with Crippen molar-refractivity contribution in [1.29, 1.82) is 0 Å². The average molecular weight is 323 g/mol. The third-order valence-electron chi connectivity index (χ3n) is 3.58. The number of fused-ring (bicyclic) bond motifs is 1. The largest absolute Gasteiger partial charge is 0.488 e. The number of aromatic nitrogens is 2. The molecule has 0 aliphatic carbocycles. The number of nitrogens with one attached hydrogen (secondary N) is 1. The third kappa shape index (κ3) is 2.84. The van der Waals surface area contributed by atoms with Gasteiger partial charge in [-0.2, -0.15) is 5.10 Å². The van der Waals surface area contributed by atoms with E-state index in [2.05, 4.69) is 16.8 Å². The van der Waals surface area contributed by atoms with Gasteiger partial charge in [-0.1, -0.05) is 18.2 Å². The summed E-state index contributed by atoms with van der Waals surface area (Å²) in [6, 6.07) is 1.85. The fourth-order valence-electron chi connectivity index (χ4n) is 2.53. The van der Waals surface area contributed by atoms with E-state index in [9.17, 15) is 0 Å². The number of aromatic amines is 1. The zero-order valence-corrected chi connectivity index (χ0v) is 13.7. The Morgan fingerprint density at radius 2 is 2.36 bits per heavy atom. The predicted molar refractivity (Wildman–Crippen MR) is 86.2 cm³/mol. The molecule has 1 aromatic heterocycles. The fraction of sp³-hybridized carbons (Fsp3) is 0.438. The van der Waals surface area contributed by atoms with E-state index in [-0.39, 0.29) is 6.10 Å². The van der Waals surface area contributed by atoms with Crippen LogP contribution in [-0.2, 0) is 9.47 Å². The summed E-state index contributed by atoms with van der Waals surface area (Å²) in [6.07, 6.45) is 1.58. The Balaban J connectivity index is 1.89. The second-order valence-electron chi connectivity index (χ2n) is 5.94. The molecule has 1 aromatic carbocycles. The molecule has 0 saturated carbocycles. The van der Waals surface area contributed by atoms with Crippen molar-refractivity contribution in [2.75, 3.05) is 13.2 Å². The van der Waals surface area contributed by atoms with Gasteiger partial charge in [0.25, 0.3) is 0 Å². The first-order chi connectivity index (χ1) is 10.4. The average Bonchev–Trinajstić information content (AvgIpc) is 3.04. The van der Waals surface area contributed by atoms with Crippen molar-refractivity contribution >= 4 is 28.1 Å². The van der Waals surface area contributed by atoms with E-state index in [4.69, 9.17) is 25.8 Å². The van der Waals surface area contributed by atoms with Gasteiger partial charge in [-0.25, -0.2) is 0 Å². The van der Waals surface area contributed by atoms with Crippen molar-refractivity contribution < 1.29 is 14.2 Å². The van der Waals surface area contributed by atoms with Crippen LogP contribution in [0.2, 0.25) is 5.02 Å². The summed E-state index contributed by atoms with van der Waals surface area (Å²) in [6.45, 7) is 10.6. The molecule has 1 fully saturated rings. The Morgan fingerprint density at radius 1 is 1.59 bits per heavy atom. The number of rotatable bonds is 4. The maximum absolute atomic E-state index is 6.28. The van der Waals surface area contributed by atoms with Crippen LogP contribution in [0, 0.1) is 0 Å². The molecule has 0 amide bonds. The molecule has 5 nitrogen and oxygen atoms in total. The molecule has 1 saturated heterocycles. The lowest BCUT2D eigenvalue weighted by Crippen LogP contribution is -2.25. The van der Waals surface area contributed by atoms with Gasteiger partial charge in [0.1, 0.15) is 18.2 Å². The normalized spacial score (nSPS) is 20.5. The van der Waals surface area contributed by atoms with Crippen LogP contribution in [0.1, 0.15) is 26.3 Å². The Morgan fingerprint density at radius 3 is 3.00 bits per heavy atom. The Kier molecular flexibility index (Phi) is 3.89. The van der Waals surface area contributed by atoms with Crippen molar-refractivity contribution in [3.63, 3.8) is 0 Å². The van der Waals surface area contributed by atoms with Crippen LogP contribution >= 0.6 is 11.6 Å². The SMILES string of the molecule is C=C(C)c1cc(Cl)c2cn[nH]c2c1OCC1COC(C)(C)O1. The van der Waals surface area contributed by atoms with Crippen LogP contribution in [0.15, 0.2) is 18.8 Å². The Hall–Kier alpha value is -1.56.